The molecule has 1 rings (SSSR count). The van der Waals surface area contributed by atoms with Crippen molar-refractivity contribution in [3.05, 3.63) is 16.1 Å². The normalized spacial score (nSPS) is 11.3. The molecule has 4 nitrogen and oxygen atoms in total. The van der Waals surface area contributed by atoms with Crippen LogP contribution >= 0.6 is 11.3 Å². The molecular formula is C11H18N2O2S. The van der Waals surface area contributed by atoms with Crippen LogP contribution in [-0.4, -0.2) is 34.6 Å². The second kappa shape index (κ2) is 5.96. The van der Waals surface area contributed by atoms with E-state index in [0.717, 1.165) is 25.2 Å². The van der Waals surface area contributed by atoms with Crippen LogP contribution in [-0.2, 0) is 6.54 Å². The van der Waals surface area contributed by atoms with Crippen LogP contribution in [0.1, 0.15) is 35.8 Å². The molecule has 0 aliphatic rings. The van der Waals surface area contributed by atoms with Crippen LogP contribution in [0.5, 0.6) is 0 Å². The molecule has 0 saturated carbocycles. The molecule has 0 saturated heterocycles. The van der Waals surface area contributed by atoms with E-state index in [2.05, 4.69) is 23.7 Å². The maximum atomic E-state index is 10.6. The highest BCUT2D eigenvalue weighted by atomic mass is 32.1. The summed E-state index contributed by atoms with van der Waals surface area (Å²) in [6.07, 6.45) is 1.15. The molecule has 0 bridgehead atoms. The van der Waals surface area contributed by atoms with Crippen molar-refractivity contribution in [3.63, 3.8) is 0 Å². The Morgan fingerprint density at radius 2 is 2.31 bits per heavy atom. The van der Waals surface area contributed by atoms with Crippen LogP contribution < -0.4 is 0 Å². The standard InChI is InChI=1S/C11H18N2O2S/c1-8(2)4-5-13(3)6-9-7-16-10(12-9)11(14)15/h7-8H,4-6H2,1-3H3,(H,14,15). The summed E-state index contributed by atoms with van der Waals surface area (Å²) in [4.78, 5) is 16.9. The summed E-state index contributed by atoms with van der Waals surface area (Å²) < 4.78 is 0. The second-order valence-electron chi connectivity index (χ2n) is 4.37. The number of aromatic nitrogens is 1. The van der Waals surface area contributed by atoms with Crippen molar-refractivity contribution in [2.45, 2.75) is 26.8 Å². The Morgan fingerprint density at radius 1 is 1.62 bits per heavy atom. The Kier molecular flexibility index (Phi) is 4.89. The number of hydrogen-bond donors (Lipinski definition) is 1. The van der Waals surface area contributed by atoms with Gasteiger partial charge in [-0.15, -0.1) is 11.3 Å². The molecule has 0 atom stereocenters. The maximum Gasteiger partial charge on any atom is 0.365 e. The first-order chi connectivity index (χ1) is 7.49. The average molecular weight is 242 g/mol. The van der Waals surface area contributed by atoms with Crippen LogP contribution in [0.15, 0.2) is 5.38 Å². The van der Waals surface area contributed by atoms with Gasteiger partial charge in [0.15, 0.2) is 0 Å². The minimum Gasteiger partial charge on any atom is -0.476 e. The van der Waals surface area contributed by atoms with Crippen molar-refractivity contribution >= 4 is 17.3 Å². The molecule has 1 N–H and O–H groups in total. The molecule has 0 radical (unpaired) electrons. The molecule has 16 heavy (non-hydrogen) atoms. The number of nitrogens with zero attached hydrogens (tertiary/aromatic N) is 2. The fourth-order valence-corrected chi connectivity index (χ4v) is 1.96. The number of carboxylic acids is 1. The topological polar surface area (TPSA) is 53.4 Å². The van der Waals surface area contributed by atoms with Crippen molar-refractivity contribution in [1.82, 2.24) is 9.88 Å². The Balaban J connectivity index is 2.43. The highest BCUT2D eigenvalue weighted by Gasteiger charge is 2.10. The SMILES string of the molecule is CC(C)CCN(C)Cc1csc(C(=O)O)n1. The monoisotopic (exact) mass is 242 g/mol. The first-order valence-corrected chi connectivity index (χ1v) is 6.23. The van der Waals surface area contributed by atoms with Crippen LogP contribution in [0.4, 0.5) is 0 Å². The van der Waals surface area contributed by atoms with Crippen molar-refractivity contribution < 1.29 is 9.90 Å². The van der Waals surface area contributed by atoms with Crippen molar-refractivity contribution in [1.29, 1.82) is 0 Å². The van der Waals surface area contributed by atoms with Gasteiger partial charge < -0.3 is 10.0 Å². The van der Waals surface area contributed by atoms with Crippen LogP contribution in [0, 0.1) is 5.92 Å². The lowest BCUT2D eigenvalue weighted by atomic mass is 10.1. The van der Waals surface area contributed by atoms with E-state index < -0.39 is 5.97 Å². The summed E-state index contributed by atoms with van der Waals surface area (Å²) in [5.41, 5.74) is 0.841. The smallest absolute Gasteiger partial charge is 0.365 e. The van der Waals surface area contributed by atoms with Crippen LogP contribution in [0.2, 0.25) is 0 Å². The molecule has 0 aromatic carbocycles. The van der Waals surface area contributed by atoms with Crippen molar-refractivity contribution in [3.8, 4) is 0 Å². The van der Waals surface area contributed by atoms with E-state index in [1.165, 1.54) is 11.3 Å². The number of hydrogen-bond acceptors (Lipinski definition) is 4. The van der Waals surface area contributed by atoms with Gasteiger partial charge in [0.2, 0.25) is 5.01 Å². The Morgan fingerprint density at radius 3 is 2.81 bits per heavy atom. The summed E-state index contributed by atoms with van der Waals surface area (Å²) in [6, 6.07) is 0. The average Bonchev–Trinajstić information content (AvgIpc) is 2.63. The van der Waals surface area contributed by atoms with Crippen LogP contribution in [0.25, 0.3) is 0 Å². The van der Waals surface area contributed by atoms with Gasteiger partial charge in [0.05, 0.1) is 5.69 Å². The van der Waals surface area contributed by atoms with E-state index in [1.54, 1.807) is 0 Å². The molecule has 5 heteroatoms. The fraction of sp³-hybridized carbons (Fsp3) is 0.636. The van der Waals surface area contributed by atoms with E-state index in [9.17, 15) is 4.79 Å². The zero-order valence-electron chi connectivity index (χ0n) is 9.93. The first kappa shape index (κ1) is 13.1. The lowest BCUT2D eigenvalue weighted by molar-refractivity contribution is 0.0696. The zero-order chi connectivity index (χ0) is 12.1. The summed E-state index contributed by atoms with van der Waals surface area (Å²) in [6.45, 7) is 6.12. The van der Waals surface area contributed by atoms with Gasteiger partial charge >= 0.3 is 5.97 Å². The van der Waals surface area contributed by atoms with Crippen molar-refractivity contribution in [2.75, 3.05) is 13.6 Å². The summed E-state index contributed by atoms with van der Waals surface area (Å²) in [7, 11) is 2.03. The third-order valence-corrected chi connectivity index (χ3v) is 3.13. The predicted octanol–water partition coefficient (Wildman–Crippen LogP) is 2.32. The summed E-state index contributed by atoms with van der Waals surface area (Å²) >= 11 is 1.19. The first-order valence-electron chi connectivity index (χ1n) is 5.35. The molecule has 0 unspecified atom stereocenters. The van der Waals surface area contributed by atoms with E-state index in [0.29, 0.717) is 5.92 Å². The minimum atomic E-state index is -0.943. The Hall–Kier alpha value is -0.940. The fourth-order valence-electron chi connectivity index (χ4n) is 1.31. The van der Waals surface area contributed by atoms with Gasteiger partial charge in [0.25, 0.3) is 0 Å². The Labute approximate surface area is 99.9 Å². The lowest BCUT2D eigenvalue weighted by Crippen LogP contribution is -2.20. The van der Waals surface area contributed by atoms with E-state index in [4.69, 9.17) is 5.11 Å². The number of aromatic carboxylic acids is 1. The number of rotatable bonds is 6. The van der Waals surface area contributed by atoms with Gasteiger partial charge in [-0.05, 0) is 25.9 Å². The van der Waals surface area contributed by atoms with Gasteiger partial charge in [-0.1, -0.05) is 13.8 Å². The zero-order valence-corrected chi connectivity index (χ0v) is 10.8. The number of thiazole rings is 1. The maximum absolute atomic E-state index is 10.6. The molecule has 0 aliphatic carbocycles. The predicted molar refractivity (Wildman–Crippen MR) is 64.9 cm³/mol. The van der Waals surface area contributed by atoms with E-state index >= 15 is 0 Å². The third kappa shape index (κ3) is 4.28. The molecule has 1 aromatic rings. The van der Waals surface area contributed by atoms with Gasteiger partial charge in [-0.2, -0.15) is 0 Å². The number of carbonyl (C=O) groups is 1. The highest BCUT2D eigenvalue weighted by Crippen LogP contribution is 2.11. The second-order valence-corrected chi connectivity index (χ2v) is 5.23. The summed E-state index contributed by atoms with van der Waals surface area (Å²) in [5, 5.41) is 10.7. The lowest BCUT2D eigenvalue weighted by Gasteiger charge is -2.16. The minimum absolute atomic E-state index is 0.173. The van der Waals surface area contributed by atoms with Gasteiger partial charge in [0.1, 0.15) is 0 Å². The molecule has 0 spiro atoms. The van der Waals surface area contributed by atoms with Crippen molar-refractivity contribution in [2.24, 2.45) is 5.92 Å². The van der Waals surface area contributed by atoms with Crippen LogP contribution in [0.3, 0.4) is 0 Å². The molecule has 1 aromatic heterocycles. The highest BCUT2D eigenvalue weighted by molar-refractivity contribution is 7.11. The van der Waals surface area contributed by atoms with Gasteiger partial charge in [-0.3, -0.25) is 0 Å². The van der Waals surface area contributed by atoms with E-state index in [1.807, 2.05) is 12.4 Å². The number of carboxylic acid groups (broad SMARTS) is 1. The molecule has 0 amide bonds. The molecule has 0 aliphatic heterocycles. The summed E-state index contributed by atoms with van der Waals surface area (Å²) in [5.74, 6) is -0.256. The molecular weight excluding hydrogens is 224 g/mol. The quantitative estimate of drug-likeness (QED) is 0.831. The largest absolute Gasteiger partial charge is 0.476 e. The van der Waals surface area contributed by atoms with Gasteiger partial charge in [0, 0.05) is 11.9 Å². The van der Waals surface area contributed by atoms with E-state index in [-0.39, 0.29) is 5.01 Å². The molecule has 1 heterocycles. The van der Waals surface area contributed by atoms with Gasteiger partial charge in [-0.25, -0.2) is 9.78 Å². The molecule has 90 valence electrons. The Bertz CT molecular complexity index is 350. The molecule has 0 fully saturated rings. The third-order valence-electron chi connectivity index (χ3n) is 2.25.